The van der Waals surface area contributed by atoms with Crippen LogP contribution in [0.4, 0.5) is 0 Å². The molecule has 0 saturated carbocycles. The van der Waals surface area contributed by atoms with Gasteiger partial charge in [0, 0.05) is 6.42 Å². The maximum atomic E-state index is 13.3. The highest BCUT2D eigenvalue weighted by molar-refractivity contribution is 5.76. The molecule has 0 bridgehead atoms. The Balaban J connectivity index is 1.48. The summed E-state index contributed by atoms with van der Waals surface area (Å²) in [6, 6.07) is -0.967. The minimum absolute atomic E-state index is 0.249. The molecule has 0 aromatic heterocycles. The van der Waals surface area contributed by atoms with Gasteiger partial charge in [-0.05, 0) is 19.3 Å². The van der Waals surface area contributed by atoms with Crippen molar-refractivity contribution in [1.29, 1.82) is 0 Å². The van der Waals surface area contributed by atoms with Crippen molar-refractivity contribution < 1.29 is 89.4 Å². The number of nitrogens with one attached hydrogen (secondary N) is 1. The van der Waals surface area contributed by atoms with E-state index in [1.807, 2.05) is 6.08 Å². The Morgan fingerprint density at radius 1 is 0.443 bits per heavy atom. The van der Waals surface area contributed by atoms with Crippen LogP contribution in [0.1, 0.15) is 232 Å². The Morgan fingerprint density at radius 3 is 1.19 bits per heavy atom. The second kappa shape index (κ2) is 44.1. The van der Waals surface area contributed by atoms with E-state index in [0.29, 0.717) is 6.42 Å². The lowest BCUT2D eigenvalue weighted by Gasteiger charge is -2.48. The van der Waals surface area contributed by atoms with Crippen molar-refractivity contribution in [3.8, 4) is 0 Å². The first-order valence-corrected chi connectivity index (χ1v) is 31.4. The summed E-state index contributed by atoms with van der Waals surface area (Å²) in [5.41, 5.74) is 0. The van der Waals surface area contributed by atoms with E-state index in [0.717, 1.165) is 44.9 Å². The molecule has 19 nitrogen and oxygen atoms in total. The van der Waals surface area contributed by atoms with Crippen LogP contribution in [-0.2, 0) is 33.2 Å². The Kier molecular flexibility index (Phi) is 40.1. The van der Waals surface area contributed by atoms with Gasteiger partial charge in [-0.2, -0.15) is 0 Å². The van der Waals surface area contributed by atoms with Crippen molar-refractivity contribution in [3.63, 3.8) is 0 Å². The molecule has 79 heavy (non-hydrogen) atoms. The lowest BCUT2D eigenvalue weighted by Crippen LogP contribution is -2.66. The minimum Gasteiger partial charge on any atom is -0.394 e. The number of amides is 1. The third-order valence-electron chi connectivity index (χ3n) is 16.1. The first-order chi connectivity index (χ1) is 38.3. The number of unbranched alkanes of at least 4 members (excludes halogenated alkanes) is 31. The molecule has 0 aromatic carbocycles. The number of carbonyl (C=O) groups excluding carboxylic acids is 1. The molecule has 19 heteroatoms. The topological polar surface area (TPSA) is 307 Å². The largest absolute Gasteiger partial charge is 0.394 e. The van der Waals surface area contributed by atoms with Gasteiger partial charge in [0.1, 0.15) is 73.2 Å². The standard InChI is InChI=1S/C60H113NO18/c1-3-5-7-9-11-13-15-17-19-20-21-22-23-24-26-28-30-32-34-36-38-48(66)61-43(44(65)37-35-33-31-29-27-25-18-16-14-12-10-8-6-4-2)42-74-58-54(72)51(69)56(46(40-63)76-58)79-60-55(73)52(70)57(47(41-64)77-60)78-59-53(71)50(68)49(67)45(39-62)75-59/h35,37,43-47,49-60,62-65,67-73H,3-34,36,38-42H2,1-2H3,(H,61,66)/b37-35+. The average molecular weight is 1140 g/mol. The summed E-state index contributed by atoms with van der Waals surface area (Å²) in [4.78, 5) is 13.3. The van der Waals surface area contributed by atoms with Crippen LogP contribution in [0, 0.1) is 0 Å². The van der Waals surface area contributed by atoms with Crippen LogP contribution in [0.15, 0.2) is 12.2 Å². The summed E-state index contributed by atoms with van der Waals surface area (Å²) in [5.74, 6) is -0.272. The van der Waals surface area contributed by atoms with Crippen LogP contribution >= 0.6 is 0 Å². The number of ether oxygens (including phenoxy) is 6. The van der Waals surface area contributed by atoms with E-state index < -0.39 is 124 Å². The number of carbonyl (C=O) groups is 1. The smallest absolute Gasteiger partial charge is 0.220 e. The lowest BCUT2D eigenvalue weighted by molar-refractivity contribution is -0.379. The molecular formula is C60H113NO18. The van der Waals surface area contributed by atoms with Crippen molar-refractivity contribution in [2.24, 2.45) is 0 Å². The quantitative estimate of drug-likeness (QED) is 0.0240. The molecule has 0 aliphatic carbocycles. The highest BCUT2D eigenvalue weighted by Crippen LogP contribution is 2.33. The number of aliphatic hydroxyl groups is 11. The average Bonchev–Trinajstić information content (AvgIpc) is 3.57. The lowest BCUT2D eigenvalue weighted by atomic mass is 9.96. The van der Waals surface area contributed by atoms with Crippen LogP contribution in [0.5, 0.6) is 0 Å². The molecule has 3 aliphatic heterocycles. The molecule has 3 rings (SSSR count). The number of rotatable bonds is 47. The van der Waals surface area contributed by atoms with Crippen LogP contribution in [-0.4, -0.2) is 193 Å². The fourth-order valence-electron chi connectivity index (χ4n) is 10.9. The third-order valence-corrected chi connectivity index (χ3v) is 16.1. The van der Waals surface area contributed by atoms with E-state index in [-0.39, 0.29) is 18.9 Å². The summed E-state index contributed by atoms with van der Waals surface area (Å²) < 4.78 is 34.3. The number of aliphatic hydroxyl groups excluding tert-OH is 11. The summed E-state index contributed by atoms with van der Waals surface area (Å²) in [6.07, 6.45) is 17.6. The second-order valence-corrected chi connectivity index (χ2v) is 22.9. The fourth-order valence-corrected chi connectivity index (χ4v) is 10.9. The summed E-state index contributed by atoms with van der Waals surface area (Å²) in [5, 5.41) is 120. The zero-order valence-corrected chi connectivity index (χ0v) is 48.6. The zero-order chi connectivity index (χ0) is 57.6. The van der Waals surface area contributed by atoms with Crippen molar-refractivity contribution >= 4 is 5.91 Å². The first-order valence-electron chi connectivity index (χ1n) is 31.4. The molecule has 3 aliphatic rings. The van der Waals surface area contributed by atoms with Crippen molar-refractivity contribution in [2.75, 3.05) is 26.4 Å². The molecule has 1 amide bonds. The van der Waals surface area contributed by atoms with Gasteiger partial charge in [0.05, 0.1) is 38.6 Å². The first kappa shape index (κ1) is 71.8. The number of hydrogen-bond acceptors (Lipinski definition) is 18. The summed E-state index contributed by atoms with van der Waals surface area (Å²) in [7, 11) is 0. The number of allylic oxidation sites excluding steroid dienone is 1. The molecule has 0 radical (unpaired) electrons. The fraction of sp³-hybridized carbons (Fsp3) is 0.950. The maximum Gasteiger partial charge on any atom is 0.220 e. The van der Waals surface area contributed by atoms with Crippen LogP contribution in [0.3, 0.4) is 0 Å². The Labute approximate surface area is 474 Å². The molecule has 3 fully saturated rings. The van der Waals surface area contributed by atoms with Gasteiger partial charge < -0.3 is 89.9 Å². The van der Waals surface area contributed by atoms with Gasteiger partial charge in [0.15, 0.2) is 18.9 Å². The molecule has 466 valence electrons. The Bertz CT molecular complexity index is 1500. The van der Waals surface area contributed by atoms with Crippen LogP contribution in [0.2, 0.25) is 0 Å². The normalized spacial score (nSPS) is 30.3. The van der Waals surface area contributed by atoms with E-state index in [2.05, 4.69) is 19.2 Å². The van der Waals surface area contributed by atoms with E-state index in [1.165, 1.54) is 161 Å². The highest BCUT2D eigenvalue weighted by Gasteiger charge is 2.53. The minimum atomic E-state index is -1.97. The Morgan fingerprint density at radius 2 is 0.785 bits per heavy atom. The monoisotopic (exact) mass is 1140 g/mol. The van der Waals surface area contributed by atoms with Gasteiger partial charge in [0.2, 0.25) is 5.91 Å². The maximum absolute atomic E-state index is 13.3. The summed E-state index contributed by atoms with van der Waals surface area (Å²) >= 11 is 0. The predicted molar refractivity (Wildman–Crippen MR) is 300 cm³/mol. The molecule has 12 N–H and O–H groups in total. The van der Waals surface area contributed by atoms with Crippen LogP contribution in [0.25, 0.3) is 0 Å². The zero-order valence-electron chi connectivity index (χ0n) is 48.6. The molecule has 0 spiro atoms. The van der Waals surface area contributed by atoms with Gasteiger partial charge in [-0.25, -0.2) is 0 Å². The van der Waals surface area contributed by atoms with E-state index in [1.54, 1.807) is 6.08 Å². The van der Waals surface area contributed by atoms with Crippen molar-refractivity contribution in [2.45, 2.75) is 336 Å². The molecule has 3 saturated heterocycles. The molecule has 17 atom stereocenters. The SMILES string of the molecule is CCCCCCCCCCCCCC/C=C/C(O)C(COC1OC(CO)C(OC2OC(CO)C(OC3OC(CO)C(O)C(O)C3O)C(O)C2O)C(O)C1O)NC(=O)CCCCCCCCCCCCCCCCCCCCCC. The van der Waals surface area contributed by atoms with E-state index >= 15 is 0 Å². The Hall–Kier alpha value is -1.47. The van der Waals surface area contributed by atoms with Gasteiger partial charge in [-0.3, -0.25) is 4.79 Å². The summed E-state index contributed by atoms with van der Waals surface area (Å²) in [6.45, 7) is 1.74. The second-order valence-electron chi connectivity index (χ2n) is 22.9. The molecule has 17 unspecified atom stereocenters. The van der Waals surface area contributed by atoms with Crippen molar-refractivity contribution in [1.82, 2.24) is 5.32 Å². The molecule has 3 heterocycles. The van der Waals surface area contributed by atoms with Gasteiger partial charge in [-0.15, -0.1) is 0 Å². The number of hydrogen-bond donors (Lipinski definition) is 12. The molecular weight excluding hydrogens is 1020 g/mol. The van der Waals surface area contributed by atoms with Crippen LogP contribution < -0.4 is 5.32 Å². The third kappa shape index (κ3) is 27.9. The molecule has 0 aromatic rings. The van der Waals surface area contributed by atoms with E-state index in [9.17, 15) is 61.0 Å². The van der Waals surface area contributed by atoms with Gasteiger partial charge >= 0.3 is 0 Å². The van der Waals surface area contributed by atoms with Gasteiger partial charge in [0.25, 0.3) is 0 Å². The van der Waals surface area contributed by atoms with E-state index in [4.69, 9.17) is 28.4 Å². The highest BCUT2D eigenvalue weighted by atomic mass is 16.8. The van der Waals surface area contributed by atoms with Crippen molar-refractivity contribution in [3.05, 3.63) is 12.2 Å². The predicted octanol–water partition coefficient (Wildman–Crippen LogP) is 6.16. The van der Waals surface area contributed by atoms with Gasteiger partial charge in [-0.1, -0.05) is 219 Å².